The summed E-state index contributed by atoms with van der Waals surface area (Å²) in [5.74, 6) is 1.83. The lowest BCUT2D eigenvalue weighted by Gasteiger charge is -2.39. The van der Waals surface area contributed by atoms with Gasteiger partial charge in [0.1, 0.15) is 0 Å². The number of piperidine rings is 1. The second-order valence-corrected chi connectivity index (χ2v) is 6.04. The van der Waals surface area contributed by atoms with Crippen LogP contribution in [-0.2, 0) is 0 Å². The lowest BCUT2D eigenvalue weighted by atomic mass is 9.79. The second kappa shape index (κ2) is 4.53. The Bertz CT molecular complexity index is 409. The van der Waals surface area contributed by atoms with Crippen LogP contribution in [0.4, 0.5) is 5.95 Å². The molecule has 2 saturated heterocycles. The Hall–Kier alpha value is -1.10. The molecule has 18 heavy (non-hydrogen) atoms. The third-order valence-electron chi connectivity index (χ3n) is 4.20. The summed E-state index contributed by atoms with van der Waals surface area (Å²) in [6, 6.07) is 0. The molecule has 0 aromatic carbocycles. The normalized spacial score (nSPS) is 28.5. The molecule has 0 aliphatic carbocycles. The van der Waals surface area contributed by atoms with E-state index in [4.69, 9.17) is 4.52 Å². The van der Waals surface area contributed by atoms with Crippen LogP contribution in [0.3, 0.4) is 0 Å². The van der Waals surface area contributed by atoms with E-state index in [0.29, 0.717) is 11.3 Å². The van der Waals surface area contributed by atoms with E-state index < -0.39 is 0 Å². The predicted octanol–water partition coefficient (Wildman–Crippen LogP) is 1.77. The molecule has 3 rings (SSSR count). The molecule has 1 atom stereocenters. The average Bonchev–Trinajstić information content (AvgIpc) is 2.98. The van der Waals surface area contributed by atoms with Crippen LogP contribution in [-0.4, -0.2) is 36.3 Å². The van der Waals surface area contributed by atoms with Crippen molar-refractivity contribution in [3.63, 3.8) is 0 Å². The lowest BCUT2D eigenvalue weighted by Crippen LogP contribution is -2.45. The predicted molar refractivity (Wildman–Crippen MR) is 69.8 cm³/mol. The Morgan fingerprint density at radius 1 is 1.39 bits per heavy atom. The van der Waals surface area contributed by atoms with E-state index >= 15 is 0 Å². The van der Waals surface area contributed by atoms with Gasteiger partial charge < -0.3 is 14.7 Å². The fourth-order valence-electron chi connectivity index (χ4n) is 3.11. The molecular formula is C13H22N4O. The van der Waals surface area contributed by atoms with Crippen molar-refractivity contribution in [2.24, 2.45) is 5.41 Å². The highest BCUT2D eigenvalue weighted by atomic mass is 16.5. The molecule has 0 amide bonds. The van der Waals surface area contributed by atoms with Crippen LogP contribution in [0.2, 0.25) is 0 Å². The largest absolute Gasteiger partial charge is 0.338 e. The summed E-state index contributed by atoms with van der Waals surface area (Å²) in [6.07, 6.45) is 3.83. The Morgan fingerprint density at radius 2 is 2.28 bits per heavy atom. The quantitative estimate of drug-likeness (QED) is 0.867. The average molecular weight is 250 g/mol. The Morgan fingerprint density at radius 3 is 2.94 bits per heavy atom. The monoisotopic (exact) mass is 250 g/mol. The molecule has 100 valence electrons. The number of hydrogen-bond acceptors (Lipinski definition) is 5. The molecule has 5 nitrogen and oxygen atoms in total. The number of aromatic nitrogens is 2. The topological polar surface area (TPSA) is 54.2 Å². The molecule has 2 aliphatic rings. The molecule has 1 aromatic heterocycles. The third kappa shape index (κ3) is 2.11. The van der Waals surface area contributed by atoms with Crippen molar-refractivity contribution >= 4 is 5.95 Å². The van der Waals surface area contributed by atoms with E-state index in [1.165, 1.54) is 19.3 Å². The molecule has 0 saturated carbocycles. The summed E-state index contributed by atoms with van der Waals surface area (Å²) < 4.78 is 5.31. The fraction of sp³-hybridized carbons (Fsp3) is 0.846. The fourth-order valence-corrected chi connectivity index (χ4v) is 3.11. The number of anilines is 1. The molecule has 5 heteroatoms. The highest BCUT2D eigenvalue weighted by Crippen LogP contribution is 2.36. The standard InChI is InChI=1S/C13H22N4O/c1-10(2)11-15-12(16-18-11)17-7-3-4-13(9-17)5-6-14-8-13/h10,14H,3-9H2,1-2H3/t13-/m0/s1. The van der Waals surface area contributed by atoms with Crippen LogP contribution in [0.25, 0.3) is 0 Å². The zero-order chi connectivity index (χ0) is 12.6. The van der Waals surface area contributed by atoms with Crippen molar-refractivity contribution in [3.05, 3.63) is 5.89 Å². The molecule has 1 spiro atoms. The van der Waals surface area contributed by atoms with Gasteiger partial charge in [0.15, 0.2) is 0 Å². The SMILES string of the molecule is CC(C)c1nc(N2CCC[C@@]3(CCNC3)C2)no1. The molecule has 2 fully saturated rings. The van der Waals surface area contributed by atoms with Gasteiger partial charge in [-0.15, -0.1) is 0 Å². The van der Waals surface area contributed by atoms with Gasteiger partial charge in [0, 0.05) is 31.0 Å². The van der Waals surface area contributed by atoms with Crippen LogP contribution in [0, 0.1) is 5.41 Å². The molecule has 3 heterocycles. The Labute approximate surface area is 108 Å². The first kappa shape index (κ1) is 12.0. The van der Waals surface area contributed by atoms with E-state index in [9.17, 15) is 0 Å². The highest BCUT2D eigenvalue weighted by molar-refractivity contribution is 5.30. The maximum atomic E-state index is 5.31. The summed E-state index contributed by atoms with van der Waals surface area (Å²) in [7, 11) is 0. The molecule has 0 radical (unpaired) electrons. The summed E-state index contributed by atoms with van der Waals surface area (Å²) >= 11 is 0. The van der Waals surface area contributed by atoms with E-state index in [1.807, 2.05) is 0 Å². The second-order valence-electron chi connectivity index (χ2n) is 6.04. The van der Waals surface area contributed by atoms with Crippen LogP contribution < -0.4 is 10.2 Å². The number of nitrogens with one attached hydrogen (secondary N) is 1. The molecule has 2 aliphatic heterocycles. The molecule has 1 aromatic rings. The van der Waals surface area contributed by atoms with Crippen molar-refractivity contribution in [2.45, 2.75) is 39.0 Å². The first-order chi connectivity index (χ1) is 8.69. The zero-order valence-electron chi connectivity index (χ0n) is 11.3. The molecule has 0 unspecified atom stereocenters. The van der Waals surface area contributed by atoms with Crippen molar-refractivity contribution in [3.8, 4) is 0 Å². The summed E-state index contributed by atoms with van der Waals surface area (Å²) in [6.45, 7) is 8.57. The Kier molecular flexibility index (Phi) is 3.01. The van der Waals surface area contributed by atoms with Gasteiger partial charge in [0.25, 0.3) is 5.95 Å². The highest BCUT2D eigenvalue weighted by Gasteiger charge is 2.39. The summed E-state index contributed by atoms with van der Waals surface area (Å²) in [5.41, 5.74) is 0.441. The van der Waals surface area contributed by atoms with Gasteiger partial charge >= 0.3 is 0 Å². The van der Waals surface area contributed by atoms with Crippen LogP contribution >= 0.6 is 0 Å². The van der Waals surface area contributed by atoms with Crippen LogP contribution in [0.5, 0.6) is 0 Å². The van der Waals surface area contributed by atoms with Crippen LogP contribution in [0.1, 0.15) is 44.9 Å². The molecule has 1 N–H and O–H groups in total. The minimum absolute atomic E-state index is 0.304. The van der Waals surface area contributed by atoms with Gasteiger partial charge in [-0.05, 0) is 31.0 Å². The van der Waals surface area contributed by atoms with Gasteiger partial charge in [0.05, 0.1) is 0 Å². The maximum absolute atomic E-state index is 5.31. The number of nitrogens with zero attached hydrogens (tertiary/aromatic N) is 3. The molecular weight excluding hydrogens is 228 g/mol. The van der Waals surface area contributed by atoms with E-state index in [0.717, 1.165) is 38.0 Å². The van der Waals surface area contributed by atoms with Crippen LogP contribution in [0.15, 0.2) is 4.52 Å². The first-order valence-electron chi connectivity index (χ1n) is 6.98. The van der Waals surface area contributed by atoms with Gasteiger partial charge in [-0.1, -0.05) is 13.8 Å². The summed E-state index contributed by atoms with van der Waals surface area (Å²) in [5, 5.41) is 7.62. The van der Waals surface area contributed by atoms with Gasteiger partial charge in [-0.3, -0.25) is 0 Å². The minimum atomic E-state index is 0.304. The smallest absolute Gasteiger partial charge is 0.266 e. The zero-order valence-corrected chi connectivity index (χ0v) is 11.3. The lowest BCUT2D eigenvalue weighted by molar-refractivity contribution is 0.257. The van der Waals surface area contributed by atoms with Crippen molar-refractivity contribution in [1.29, 1.82) is 0 Å². The van der Waals surface area contributed by atoms with Gasteiger partial charge in [0.2, 0.25) is 5.89 Å². The van der Waals surface area contributed by atoms with E-state index in [-0.39, 0.29) is 0 Å². The van der Waals surface area contributed by atoms with Crippen molar-refractivity contribution in [2.75, 3.05) is 31.1 Å². The third-order valence-corrected chi connectivity index (χ3v) is 4.20. The first-order valence-corrected chi connectivity index (χ1v) is 6.98. The summed E-state index contributed by atoms with van der Waals surface area (Å²) in [4.78, 5) is 6.81. The number of hydrogen-bond donors (Lipinski definition) is 1. The minimum Gasteiger partial charge on any atom is -0.338 e. The van der Waals surface area contributed by atoms with Crippen molar-refractivity contribution < 1.29 is 4.52 Å². The number of rotatable bonds is 2. The van der Waals surface area contributed by atoms with Gasteiger partial charge in [-0.25, -0.2) is 0 Å². The van der Waals surface area contributed by atoms with E-state index in [1.54, 1.807) is 0 Å². The Balaban J connectivity index is 1.75. The maximum Gasteiger partial charge on any atom is 0.266 e. The molecule has 0 bridgehead atoms. The van der Waals surface area contributed by atoms with Gasteiger partial charge in [-0.2, -0.15) is 4.98 Å². The van der Waals surface area contributed by atoms with Crippen molar-refractivity contribution in [1.82, 2.24) is 15.5 Å². The van der Waals surface area contributed by atoms with E-state index in [2.05, 4.69) is 34.2 Å².